The van der Waals surface area contributed by atoms with E-state index in [4.69, 9.17) is 0 Å². The molecule has 0 aromatic heterocycles. The van der Waals surface area contributed by atoms with Crippen molar-refractivity contribution in [1.29, 1.82) is 0 Å². The Morgan fingerprint density at radius 2 is 1.50 bits per heavy atom. The van der Waals surface area contributed by atoms with Gasteiger partial charge in [0.25, 0.3) is 0 Å². The first-order valence-corrected chi connectivity index (χ1v) is 7.72. The van der Waals surface area contributed by atoms with Crippen molar-refractivity contribution in [3.63, 3.8) is 0 Å². The Bertz CT molecular complexity index is 272. The Morgan fingerprint density at radius 1 is 0.889 bits per heavy atom. The van der Waals surface area contributed by atoms with Gasteiger partial charge in [0.1, 0.15) is 0 Å². The molecule has 2 heterocycles. The van der Waals surface area contributed by atoms with E-state index < -0.39 is 0 Å². The summed E-state index contributed by atoms with van der Waals surface area (Å²) in [7, 11) is 0. The van der Waals surface area contributed by atoms with Gasteiger partial charge in [0.15, 0.2) is 0 Å². The Hall–Kier alpha value is -0.730. The lowest BCUT2D eigenvalue weighted by Gasteiger charge is -2.32. The molecule has 0 saturated carbocycles. The lowest BCUT2D eigenvalue weighted by molar-refractivity contribution is 0.144. The van der Waals surface area contributed by atoms with Crippen molar-refractivity contribution in [3.05, 3.63) is 0 Å². The van der Waals surface area contributed by atoms with E-state index in [1.165, 1.54) is 38.5 Å². The van der Waals surface area contributed by atoms with Gasteiger partial charge in [-0.1, -0.05) is 13.8 Å². The Labute approximate surface area is 112 Å². The summed E-state index contributed by atoms with van der Waals surface area (Å²) in [6, 6.07) is 0.305. The second-order valence-electron chi connectivity index (χ2n) is 6.25. The maximum atomic E-state index is 12.4. The van der Waals surface area contributed by atoms with Crippen LogP contribution in [0.4, 0.5) is 4.79 Å². The third-order valence-corrected chi connectivity index (χ3v) is 4.61. The molecule has 0 aliphatic carbocycles. The molecule has 3 heteroatoms. The highest BCUT2D eigenvalue weighted by Gasteiger charge is 2.26. The van der Waals surface area contributed by atoms with Gasteiger partial charge in [0, 0.05) is 26.2 Å². The molecular formula is C15H28N2O. The molecule has 2 amide bonds. The maximum absolute atomic E-state index is 12.4. The van der Waals surface area contributed by atoms with Crippen molar-refractivity contribution in [2.75, 3.05) is 26.2 Å². The van der Waals surface area contributed by atoms with Crippen LogP contribution in [0.3, 0.4) is 0 Å². The number of nitrogens with zero attached hydrogens (tertiary/aromatic N) is 2. The first-order chi connectivity index (χ1) is 8.68. The fourth-order valence-corrected chi connectivity index (χ4v) is 3.27. The van der Waals surface area contributed by atoms with Gasteiger partial charge in [-0.25, -0.2) is 4.79 Å². The van der Waals surface area contributed by atoms with Crippen LogP contribution < -0.4 is 0 Å². The highest BCUT2D eigenvalue weighted by atomic mass is 16.2. The van der Waals surface area contributed by atoms with Gasteiger partial charge in [-0.05, 0) is 50.4 Å². The fraction of sp³-hybridized carbons (Fsp3) is 0.933. The Kier molecular flexibility index (Phi) is 4.90. The summed E-state index contributed by atoms with van der Waals surface area (Å²) < 4.78 is 0. The highest BCUT2D eigenvalue weighted by Crippen LogP contribution is 2.25. The van der Waals surface area contributed by atoms with Gasteiger partial charge in [-0.15, -0.1) is 0 Å². The second kappa shape index (κ2) is 6.44. The van der Waals surface area contributed by atoms with Gasteiger partial charge in [-0.2, -0.15) is 0 Å². The number of amides is 2. The lowest BCUT2D eigenvalue weighted by Crippen LogP contribution is -2.45. The van der Waals surface area contributed by atoms with Crippen LogP contribution in [-0.4, -0.2) is 42.0 Å². The average molecular weight is 252 g/mol. The monoisotopic (exact) mass is 252 g/mol. The number of likely N-dealkylation sites (tertiary alicyclic amines) is 2. The van der Waals surface area contributed by atoms with Crippen LogP contribution in [0.15, 0.2) is 0 Å². The zero-order valence-corrected chi connectivity index (χ0v) is 12.0. The molecule has 2 rings (SSSR count). The van der Waals surface area contributed by atoms with Crippen LogP contribution in [0.1, 0.15) is 52.4 Å². The molecule has 0 aromatic rings. The molecule has 2 aliphatic rings. The van der Waals surface area contributed by atoms with Crippen molar-refractivity contribution in [1.82, 2.24) is 9.80 Å². The number of piperidine rings is 1. The molecule has 0 aromatic carbocycles. The summed E-state index contributed by atoms with van der Waals surface area (Å²) in [5, 5.41) is 0. The van der Waals surface area contributed by atoms with Crippen LogP contribution >= 0.6 is 0 Å². The summed E-state index contributed by atoms with van der Waals surface area (Å²) in [5.41, 5.74) is 0. The Morgan fingerprint density at radius 3 is 2.17 bits per heavy atom. The third kappa shape index (κ3) is 3.39. The predicted molar refractivity (Wildman–Crippen MR) is 74.6 cm³/mol. The average Bonchev–Trinajstić information content (AvgIpc) is 2.64. The molecule has 1 atom stereocenters. The van der Waals surface area contributed by atoms with Crippen LogP contribution in [-0.2, 0) is 0 Å². The SMILES string of the molecule is CC(C)C1CCCN(C(=O)N2CCCCC2)CC1. The van der Waals surface area contributed by atoms with Gasteiger partial charge in [0.2, 0.25) is 0 Å². The topological polar surface area (TPSA) is 23.6 Å². The first kappa shape index (κ1) is 13.7. The van der Waals surface area contributed by atoms with E-state index in [2.05, 4.69) is 23.6 Å². The van der Waals surface area contributed by atoms with E-state index in [0.29, 0.717) is 6.03 Å². The summed E-state index contributed by atoms with van der Waals surface area (Å²) in [5.74, 6) is 1.57. The zero-order chi connectivity index (χ0) is 13.0. The lowest BCUT2D eigenvalue weighted by atomic mass is 9.89. The van der Waals surface area contributed by atoms with Crippen LogP contribution in [0, 0.1) is 11.8 Å². The quantitative estimate of drug-likeness (QED) is 0.702. The highest BCUT2D eigenvalue weighted by molar-refractivity contribution is 5.74. The fourth-order valence-electron chi connectivity index (χ4n) is 3.27. The minimum atomic E-state index is 0.305. The molecule has 2 fully saturated rings. The summed E-state index contributed by atoms with van der Waals surface area (Å²) in [6.07, 6.45) is 7.34. The van der Waals surface area contributed by atoms with Gasteiger partial charge in [-0.3, -0.25) is 0 Å². The predicted octanol–water partition coefficient (Wildman–Crippen LogP) is 3.35. The molecule has 104 valence electrons. The van der Waals surface area contributed by atoms with Gasteiger partial charge >= 0.3 is 6.03 Å². The number of rotatable bonds is 1. The minimum absolute atomic E-state index is 0.305. The number of carbonyl (C=O) groups is 1. The Balaban J connectivity index is 1.86. The summed E-state index contributed by atoms with van der Waals surface area (Å²) in [6.45, 7) is 8.52. The number of hydrogen-bond donors (Lipinski definition) is 0. The molecular weight excluding hydrogens is 224 g/mol. The van der Waals surface area contributed by atoms with Gasteiger partial charge < -0.3 is 9.80 Å². The minimum Gasteiger partial charge on any atom is -0.325 e. The van der Waals surface area contributed by atoms with Crippen LogP contribution in [0.2, 0.25) is 0 Å². The number of carbonyl (C=O) groups excluding carboxylic acids is 1. The maximum Gasteiger partial charge on any atom is 0.319 e. The molecule has 3 nitrogen and oxygen atoms in total. The largest absolute Gasteiger partial charge is 0.325 e. The van der Waals surface area contributed by atoms with E-state index in [-0.39, 0.29) is 0 Å². The second-order valence-corrected chi connectivity index (χ2v) is 6.25. The van der Waals surface area contributed by atoms with Crippen molar-refractivity contribution in [3.8, 4) is 0 Å². The smallest absolute Gasteiger partial charge is 0.319 e. The van der Waals surface area contributed by atoms with Crippen molar-refractivity contribution in [2.24, 2.45) is 11.8 Å². The molecule has 18 heavy (non-hydrogen) atoms. The molecule has 2 aliphatic heterocycles. The van der Waals surface area contributed by atoms with Crippen molar-refractivity contribution in [2.45, 2.75) is 52.4 Å². The van der Waals surface area contributed by atoms with E-state index in [9.17, 15) is 4.79 Å². The van der Waals surface area contributed by atoms with Gasteiger partial charge in [0.05, 0.1) is 0 Å². The molecule has 0 spiro atoms. The van der Waals surface area contributed by atoms with E-state index in [1.807, 2.05) is 0 Å². The molecule has 1 unspecified atom stereocenters. The molecule has 0 bridgehead atoms. The van der Waals surface area contributed by atoms with E-state index >= 15 is 0 Å². The summed E-state index contributed by atoms with van der Waals surface area (Å²) in [4.78, 5) is 16.6. The van der Waals surface area contributed by atoms with E-state index in [1.54, 1.807) is 0 Å². The zero-order valence-electron chi connectivity index (χ0n) is 12.0. The molecule has 0 radical (unpaired) electrons. The van der Waals surface area contributed by atoms with E-state index in [0.717, 1.165) is 38.0 Å². The number of urea groups is 1. The number of hydrogen-bond acceptors (Lipinski definition) is 1. The third-order valence-electron chi connectivity index (χ3n) is 4.61. The van der Waals surface area contributed by atoms with Crippen molar-refractivity contribution < 1.29 is 4.79 Å². The van der Waals surface area contributed by atoms with Crippen LogP contribution in [0.25, 0.3) is 0 Å². The van der Waals surface area contributed by atoms with Crippen molar-refractivity contribution >= 4 is 6.03 Å². The normalized spacial score (nSPS) is 26.3. The summed E-state index contributed by atoms with van der Waals surface area (Å²) >= 11 is 0. The standard InChI is InChI=1S/C15H28N2O/c1-13(2)14-7-6-11-17(12-8-14)15(18)16-9-4-3-5-10-16/h13-14H,3-12H2,1-2H3. The molecule has 0 N–H and O–H groups in total. The van der Waals surface area contributed by atoms with Crippen LogP contribution in [0.5, 0.6) is 0 Å². The first-order valence-electron chi connectivity index (χ1n) is 7.72. The molecule has 2 saturated heterocycles.